The van der Waals surface area contributed by atoms with Crippen molar-refractivity contribution in [3.8, 4) is 17.0 Å². The van der Waals surface area contributed by atoms with Gasteiger partial charge in [0.05, 0.1) is 12.7 Å². The number of hydrogen-bond donors (Lipinski definition) is 2. The van der Waals surface area contributed by atoms with Gasteiger partial charge in [0.15, 0.2) is 0 Å². The Morgan fingerprint density at radius 3 is 2.48 bits per heavy atom. The summed E-state index contributed by atoms with van der Waals surface area (Å²) in [5.74, 6) is -0.0728. The Hall–Kier alpha value is -3.28. The van der Waals surface area contributed by atoms with Crippen molar-refractivity contribution < 1.29 is 9.90 Å². The molecule has 0 fully saturated rings. The second-order valence-corrected chi connectivity index (χ2v) is 6.30. The van der Waals surface area contributed by atoms with Crippen molar-refractivity contribution in [2.75, 3.05) is 7.05 Å². The van der Waals surface area contributed by atoms with E-state index in [9.17, 15) is 14.7 Å². The number of fused-ring (bicyclic) bond motifs is 1. The number of nitrogens with zero attached hydrogens (tertiary/aromatic N) is 2. The molecular weight excluding hydrogens is 318 g/mol. The molecule has 1 aliphatic heterocycles. The van der Waals surface area contributed by atoms with E-state index in [2.05, 4.69) is 11.1 Å². The van der Waals surface area contributed by atoms with Crippen LogP contribution < -0.4 is 5.69 Å². The van der Waals surface area contributed by atoms with Crippen LogP contribution in [0.3, 0.4) is 0 Å². The van der Waals surface area contributed by atoms with Crippen LogP contribution in [0.25, 0.3) is 11.1 Å². The Bertz CT molecular complexity index is 1020. The molecule has 0 aliphatic carbocycles. The van der Waals surface area contributed by atoms with Gasteiger partial charge in [-0.3, -0.25) is 14.3 Å². The molecule has 4 rings (SSSR count). The van der Waals surface area contributed by atoms with Gasteiger partial charge in [-0.2, -0.15) is 0 Å². The fourth-order valence-corrected chi connectivity index (χ4v) is 3.18. The molecule has 126 valence electrons. The van der Waals surface area contributed by atoms with E-state index in [0.717, 1.165) is 27.8 Å². The quantitative estimate of drug-likeness (QED) is 0.770. The zero-order valence-corrected chi connectivity index (χ0v) is 13.7. The molecule has 0 atom stereocenters. The van der Waals surface area contributed by atoms with Gasteiger partial charge >= 0.3 is 5.69 Å². The number of amides is 1. The fraction of sp³-hybridized carbons (Fsp3) is 0.158. The average Bonchev–Trinajstić information content (AvgIpc) is 3.06. The van der Waals surface area contributed by atoms with Gasteiger partial charge in [-0.1, -0.05) is 30.3 Å². The van der Waals surface area contributed by atoms with Gasteiger partial charge in [0, 0.05) is 19.2 Å². The first-order chi connectivity index (χ1) is 12.0. The number of benzene rings is 2. The molecule has 2 aromatic carbocycles. The van der Waals surface area contributed by atoms with Crippen molar-refractivity contribution in [1.29, 1.82) is 0 Å². The monoisotopic (exact) mass is 335 g/mol. The summed E-state index contributed by atoms with van der Waals surface area (Å²) in [5.41, 5.74) is 4.55. The predicted molar refractivity (Wildman–Crippen MR) is 93.5 cm³/mol. The lowest BCUT2D eigenvalue weighted by molar-refractivity contribution is 0.0816. The fourth-order valence-electron chi connectivity index (χ4n) is 3.18. The zero-order chi connectivity index (χ0) is 17.6. The minimum Gasteiger partial charge on any atom is -0.493 e. The maximum atomic E-state index is 12.0. The first-order valence-electron chi connectivity index (χ1n) is 7.97. The summed E-state index contributed by atoms with van der Waals surface area (Å²) >= 11 is 0. The van der Waals surface area contributed by atoms with E-state index in [1.807, 2.05) is 36.4 Å². The predicted octanol–water partition coefficient (Wildman–Crippen LogP) is 2.18. The molecule has 25 heavy (non-hydrogen) atoms. The lowest BCUT2D eigenvalue weighted by Gasteiger charge is -2.06. The molecule has 2 heterocycles. The number of rotatable bonds is 3. The first-order valence-corrected chi connectivity index (χ1v) is 7.97. The highest BCUT2D eigenvalue weighted by Crippen LogP contribution is 2.28. The Morgan fingerprint density at radius 2 is 1.80 bits per heavy atom. The van der Waals surface area contributed by atoms with E-state index in [4.69, 9.17) is 0 Å². The lowest BCUT2D eigenvalue weighted by Crippen LogP contribution is -2.17. The summed E-state index contributed by atoms with van der Waals surface area (Å²) in [7, 11) is 1.80. The summed E-state index contributed by atoms with van der Waals surface area (Å²) in [6.07, 6.45) is 1.38. The summed E-state index contributed by atoms with van der Waals surface area (Å²) in [6, 6.07) is 13.8. The molecule has 0 saturated carbocycles. The van der Waals surface area contributed by atoms with Crippen LogP contribution in [-0.2, 0) is 13.1 Å². The normalized spacial score (nSPS) is 13.3. The first kappa shape index (κ1) is 15.3. The molecule has 6 nitrogen and oxygen atoms in total. The van der Waals surface area contributed by atoms with Crippen LogP contribution in [0, 0.1) is 0 Å². The number of nitrogens with one attached hydrogen (secondary N) is 1. The number of aromatic amines is 1. The van der Waals surface area contributed by atoms with Crippen LogP contribution in [0.15, 0.2) is 53.5 Å². The molecular formula is C19H17N3O3. The number of aromatic nitrogens is 2. The molecule has 0 radical (unpaired) electrons. The summed E-state index contributed by atoms with van der Waals surface area (Å²) < 4.78 is 1.42. The number of H-pyrrole nitrogens is 1. The highest BCUT2D eigenvalue weighted by atomic mass is 16.3. The molecule has 1 aromatic heterocycles. The Balaban J connectivity index is 1.59. The van der Waals surface area contributed by atoms with Crippen molar-refractivity contribution in [2.24, 2.45) is 0 Å². The van der Waals surface area contributed by atoms with Gasteiger partial charge in [-0.15, -0.1) is 0 Å². The third-order valence-corrected chi connectivity index (χ3v) is 4.50. The molecule has 0 unspecified atom stereocenters. The van der Waals surface area contributed by atoms with Crippen molar-refractivity contribution in [3.63, 3.8) is 0 Å². The van der Waals surface area contributed by atoms with E-state index < -0.39 is 0 Å². The van der Waals surface area contributed by atoms with Gasteiger partial charge in [0.1, 0.15) is 0 Å². The summed E-state index contributed by atoms with van der Waals surface area (Å²) in [5, 5.41) is 9.32. The molecule has 0 bridgehead atoms. The molecule has 2 N–H and O–H groups in total. The van der Waals surface area contributed by atoms with Crippen LogP contribution in [0.1, 0.15) is 21.5 Å². The molecule has 1 amide bonds. The van der Waals surface area contributed by atoms with Crippen molar-refractivity contribution in [2.45, 2.75) is 13.1 Å². The largest absolute Gasteiger partial charge is 0.493 e. The molecule has 6 heteroatoms. The van der Waals surface area contributed by atoms with Crippen LogP contribution in [0.5, 0.6) is 5.88 Å². The zero-order valence-electron chi connectivity index (χ0n) is 13.7. The third-order valence-electron chi connectivity index (χ3n) is 4.50. The van der Waals surface area contributed by atoms with E-state index in [1.54, 1.807) is 11.9 Å². The smallest absolute Gasteiger partial charge is 0.328 e. The summed E-state index contributed by atoms with van der Waals surface area (Å²) in [6.45, 7) is 1.03. The number of carbonyl (C=O) groups excluding carboxylic acids is 1. The molecule has 1 aliphatic rings. The number of carbonyl (C=O) groups is 1. The third kappa shape index (κ3) is 2.71. The summed E-state index contributed by atoms with van der Waals surface area (Å²) in [4.78, 5) is 27.6. The van der Waals surface area contributed by atoms with Crippen molar-refractivity contribution in [1.82, 2.24) is 14.5 Å². The topological polar surface area (TPSA) is 78.3 Å². The molecule has 0 spiro atoms. The van der Waals surface area contributed by atoms with Gasteiger partial charge in [-0.25, -0.2) is 4.79 Å². The maximum Gasteiger partial charge on any atom is 0.328 e. The van der Waals surface area contributed by atoms with Crippen LogP contribution in [0.2, 0.25) is 0 Å². The van der Waals surface area contributed by atoms with E-state index in [1.165, 1.54) is 10.8 Å². The average molecular weight is 335 g/mol. The highest BCUT2D eigenvalue weighted by molar-refractivity contribution is 5.98. The Kier molecular flexibility index (Phi) is 3.46. The molecule has 3 aromatic rings. The minimum absolute atomic E-state index is 0.0668. The molecule has 0 saturated heterocycles. The number of imidazole rings is 1. The standard InChI is InChI=1S/C19H17N3O3/c1-21-10-15-8-14(6-7-16(15)18(21)24)13-4-2-12(3-5-13)9-22-11-17(23)20-19(22)25/h2-8,11,23H,9-10H2,1H3,(H,20,25). The van der Waals surface area contributed by atoms with Gasteiger partial charge in [-0.05, 0) is 34.4 Å². The lowest BCUT2D eigenvalue weighted by atomic mass is 9.99. The van der Waals surface area contributed by atoms with E-state index >= 15 is 0 Å². The second-order valence-electron chi connectivity index (χ2n) is 6.30. The Labute approximate surface area is 144 Å². The van der Waals surface area contributed by atoms with Crippen LogP contribution >= 0.6 is 0 Å². The van der Waals surface area contributed by atoms with Gasteiger partial charge in [0.25, 0.3) is 5.91 Å². The van der Waals surface area contributed by atoms with Gasteiger partial charge < -0.3 is 10.0 Å². The Morgan fingerprint density at radius 1 is 1.08 bits per heavy atom. The van der Waals surface area contributed by atoms with E-state index in [-0.39, 0.29) is 17.5 Å². The highest BCUT2D eigenvalue weighted by Gasteiger charge is 2.24. The van der Waals surface area contributed by atoms with E-state index in [0.29, 0.717) is 13.1 Å². The maximum absolute atomic E-state index is 12.0. The van der Waals surface area contributed by atoms with Crippen LogP contribution in [0.4, 0.5) is 0 Å². The minimum atomic E-state index is -0.339. The number of aromatic hydroxyl groups is 1. The number of hydrogen-bond acceptors (Lipinski definition) is 3. The second kappa shape index (κ2) is 5.66. The van der Waals surface area contributed by atoms with Gasteiger partial charge in [0.2, 0.25) is 5.88 Å². The van der Waals surface area contributed by atoms with Crippen LogP contribution in [-0.4, -0.2) is 32.5 Å². The SMILES string of the molecule is CN1Cc2cc(-c3ccc(Cn4cc(O)[nH]c4=O)cc3)ccc2C1=O. The van der Waals surface area contributed by atoms with Crippen molar-refractivity contribution in [3.05, 3.63) is 75.8 Å². The van der Waals surface area contributed by atoms with Crippen molar-refractivity contribution >= 4 is 5.91 Å².